The predicted molar refractivity (Wildman–Crippen MR) is 115 cm³/mol. The van der Waals surface area contributed by atoms with Crippen LogP contribution in [0.3, 0.4) is 0 Å². The van der Waals surface area contributed by atoms with E-state index < -0.39 is 0 Å². The Morgan fingerprint density at radius 3 is 2.82 bits per heavy atom. The molecule has 6 nitrogen and oxygen atoms in total. The number of ether oxygens (including phenoxy) is 1. The molecule has 0 radical (unpaired) electrons. The lowest BCUT2D eigenvalue weighted by molar-refractivity contribution is 0.198. The van der Waals surface area contributed by atoms with Crippen LogP contribution >= 0.6 is 11.3 Å². The fourth-order valence-corrected chi connectivity index (χ4v) is 4.07. The number of para-hydroxylation sites is 1. The molecule has 7 heteroatoms. The van der Waals surface area contributed by atoms with Crippen molar-refractivity contribution in [2.45, 2.75) is 38.9 Å². The minimum atomic E-state index is 0.159. The van der Waals surface area contributed by atoms with Crippen molar-refractivity contribution in [1.82, 2.24) is 15.5 Å². The van der Waals surface area contributed by atoms with Crippen LogP contribution in [-0.2, 0) is 13.1 Å². The summed E-state index contributed by atoms with van der Waals surface area (Å²) >= 11 is 1.76. The number of nitrogens with one attached hydrogen (secondary N) is 2. The molecule has 1 aromatic heterocycles. The molecule has 0 amide bonds. The molecule has 3 rings (SSSR count). The van der Waals surface area contributed by atoms with Crippen LogP contribution in [0.5, 0.6) is 11.5 Å². The van der Waals surface area contributed by atoms with Crippen LogP contribution in [-0.4, -0.2) is 48.8 Å². The number of rotatable bonds is 7. The maximum atomic E-state index is 10.2. The molecular weight excluding hydrogens is 372 g/mol. The van der Waals surface area contributed by atoms with Gasteiger partial charge in [-0.05, 0) is 48.2 Å². The van der Waals surface area contributed by atoms with E-state index in [9.17, 15) is 5.11 Å². The van der Waals surface area contributed by atoms with E-state index in [1.807, 2.05) is 12.1 Å². The average Bonchev–Trinajstić information content (AvgIpc) is 3.22. The number of benzene rings is 1. The Morgan fingerprint density at radius 1 is 1.32 bits per heavy atom. The first-order valence-corrected chi connectivity index (χ1v) is 10.8. The summed E-state index contributed by atoms with van der Waals surface area (Å²) in [6.07, 6.45) is 2.19. The molecule has 1 aliphatic heterocycles. The third-order valence-corrected chi connectivity index (χ3v) is 5.70. The zero-order chi connectivity index (χ0) is 19.8. The van der Waals surface area contributed by atoms with Gasteiger partial charge in [-0.15, -0.1) is 0 Å². The maximum Gasteiger partial charge on any atom is 0.191 e. The first kappa shape index (κ1) is 20.5. The minimum Gasteiger partial charge on any atom is -0.504 e. The average molecular weight is 403 g/mol. The first-order valence-electron chi connectivity index (χ1n) is 9.82. The normalized spacial score (nSPS) is 16.1. The van der Waals surface area contributed by atoms with Gasteiger partial charge < -0.3 is 20.5 Å². The summed E-state index contributed by atoms with van der Waals surface area (Å²) in [6, 6.07) is 8.10. The number of likely N-dealkylation sites (tertiary alicyclic amines) is 1. The molecule has 152 valence electrons. The number of phenolic OH excluding ortho intramolecular Hbond substituents is 1. The van der Waals surface area contributed by atoms with Gasteiger partial charge in [0.25, 0.3) is 0 Å². The lowest BCUT2D eigenvalue weighted by Gasteiger charge is -2.33. The molecule has 0 atom stereocenters. The zero-order valence-electron chi connectivity index (χ0n) is 16.6. The summed E-state index contributed by atoms with van der Waals surface area (Å²) < 4.78 is 5.18. The number of guanidine groups is 1. The van der Waals surface area contributed by atoms with Crippen molar-refractivity contribution in [3.8, 4) is 11.5 Å². The second-order valence-corrected chi connectivity index (χ2v) is 7.77. The molecule has 0 aliphatic carbocycles. The molecule has 28 heavy (non-hydrogen) atoms. The summed E-state index contributed by atoms with van der Waals surface area (Å²) in [7, 11) is 1.55. The van der Waals surface area contributed by atoms with Crippen molar-refractivity contribution in [3.63, 3.8) is 0 Å². The Bertz CT molecular complexity index is 756. The fraction of sp³-hybridized carbons (Fsp3) is 0.476. The molecule has 1 saturated heterocycles. The van der Waals surface area contributed by atoms with Gasteiger partial charge in [0.15, 0.2) is 17.5 Å². The standard InChI is InChI=1S/C21H30N4O2S/c1-3-22-21(23-13-17-5-4-6-19(27-2)20(17)26)24-18-7-10-25(11-8-18)14-16-9-12-28-15-16/h4-6,9,12,15,18,26H,3,7-8,10-11,13-14H2,1-2H3,(H2,22,23,24). The van der Waals surface area contributed by atoms with Gasteiger partial charge in [-0.3, -0.25) is 4.90 Å². The zero-order valence-corrected chi connectivity index (χ0v) is 17.5. The number of aliphatic imine (C=N–C) groups is 1. The molecule has 1 aliphatic rings. The van der Waals surface area contributed by atoms with Crippen molar-refractivity contribution in [2.24, 2.45) is 4.99 Å². The number of phenols is 1. The summed E-state index contributed by atoms with van der Waals surface area (Å²) in [5.41, 5.74) is 2.16. The molecule has 0 bridgehead atoms. The Balaban J connectivity index is 1.54. The van der Waals surface area contributed by atoms with Gasteiger partial charge >= 0.3 is 0 Å². The van der Waals surface area contributed by atoms with Crippen LogP contribution in [0.15, 0.2) is 40.0 Å². The van der Waals surface area contributed by atoms with Crippen LogP contribution in [0, 0.1) is 0 Å². The third-order valence-electron chi connectivity index (χ3n) is 4.97. The van der Waals surface area contributed by atoms with E-state index in [0.717, 1.165) is 50.5 Å². The summed E-state index contributed by atoms with van der Waals surface area (Å²) in [6.45, 7) is 6.47. The lowest BCUT2D eigenvalue weighted by atomic mass is 10.0. The van der Waals surface area contributed by atoms with E-state index in [1.165, 1.54) is 5.56 Å². The van der Waals surface area contributed by atoms with E-state index in [0.29, 0.717) is 18.3 Å². The smallest absolute Gasteiger partial charge is 0.191 e. The van der Waals surface area contributed by atoms with Crippen LogP contribution in [0.1, 0.15) is 30.9 Å². The quantitative estimate of drug-likeness (QED) is 0.490. The molecule has 2 aromatic rings. The summed E-state index contributed by atoms with van der Waals surface area (Å²) in [5, 5.41) is 21.5. The SMILES string of the molecule is CCNC(=NCc1cccc(OC)c1O)NC1CCN(Cc2ccsc2)CC1. The van der Waals surface area contributed by atoms with Crippen molar-refractivity contribution in [2.75, 3.05) is 26.7 Å². The monoisotopic (exact) mass is 402 g/mol. The van der Waals surface area contributed by atoms with Gasteiger partial charge in [0, 0.05) is 37.8 Å². The van der Waals surface area contributed by atoms with E-state index in [2.05, 4.69) is 44.3 Å². The molecule has 2 heterocycles. The summed E-state index contributed by atoms with van der Waals surface area (Å²) in [4.78, 5) is 7.17. The topological polar surface area (TPSA) is 69.1 Å². The molecule has 1 aromatic carbocycles. The van der Waals surface area contributed by atoms with E-state index >= 15 is 0 Å². The van der Waals surface area contributed by atoms with E-state index in [1.54, 1.807) is 24.5 Å². The summed E-state index contributed by atoms with van der Waals surface area (Å²) in [5.74, 6) is 1.43. The highest BCUT2D eigenvalue weighted by molar-refractivity contribution is 7.07. The van der Waals surface area contributed by atoms with E-state index in [4.69, 9.17) is 4.74 Å². The molecule has 0 saturated carbocycles. The number of aromatic hydroxyl groups is 1. The highest BCUT2D eigenvalue weighted by Gasteiger charge is 2.20. The van der Waals surface area contributed by atoms with Gasteiger partial charge in [-0.2, -0.15) is 11.3 Å². The lowest BCUT2D eigenvalue weighted by Crippen LogP contribution is -2.48. The van der Waals surface area contributed by atoms with Crippen molar-refractivity contribution >= 4 is 17.3 Å². The number of methoxy groups -OCH3 is 1. The molecule has 0 spiro atoms. The highest BCUT2D eigenvalue weighted by atomic mass is 32.1. The first-order chi connectivity index (χ1) is 13.7. The predicted octanol–water partition coefficient (Wildman–Crippen LogP) is 3.18. The Kier molecular flexibility index (Phi) is 7.56. The number of thiophene rings is 1. The molecular formula is C21H30N4O2S. The van der Waals surface area contributed by atoms with Gasteiger partial charge in [-0.25, -0.2) is 4.99 Å². The van der Waals surface area contributed by atoms with Crippen LogP contribution in [0.4, 0.5) is 0 Å². The second-order valence-electron chi connectivity index (χ2n) is 6.99. The maximum absolute atomic E-state index is 10.2. The Hall–Kier alpha value is -2.25. The van der Waals surface area contributed by atoms with Crippen LogP contribution in [0.2, 0.25) is 0 Å². The minimum absolute atomic E-state index is 0.159. The number of piperidine rings is 1. The van der Waals surface area contributed by atoms with Gasteiger partial charge in [-0.1, -0.05) is 12.1 Å². The number of hydrogen-bond donors (Lipinski definition) is 3. The second kappa shape index (κ2) is 10.3. The fourth-order valence-electron chi connectivity index (χ4n) is 3.41. The van der Waals surface area contributed by atoms with Crippen LogP contribution in [0.25, 0.3) is 0 Å². The van der Waals surface area contributed by atoms with Gasteiger partial charge in [0.05, 0.1) is 13.7 Å². The Labute approximate surface area is 171 Å². The highest BCUT2D eigenvalue weighted by Crippen LogP contribution is 2.29. The van der Waals surface area contributed by atoms with Crippen LogP contribution < -0.4 is 15.4 Å². The van der Waals surface area contributed by atoms with Gasteiger partial charge in [0.1, 0.15) is 0 Å². The Morgan fingerprint density at radius 2 is 2.14 bits per heavy atom. The molecule has 3 N–H and O–H groups in total. The largest absolute Gasteiger partial charge is 0.504 e. The number of nitrogens with zero attached hydrogens (tertiary/aromatic N) is 2. The van der Waals surface area contributed by atoms with E-state index in [-0.39, 0.29) is 5.75 Å². The third kappa shape index (κ3) is 5.62. The van der Waals surface area contributed by atoms with Gasteiger partial charge in [0.2, 0.25) is 0 Å². The van der Waals surface area contributed by atoms with Crippen molar-refractivity contribution < 1.29 is 9.84 Å². The molecule has 0 unspecified atom stereocenters. The molecule has 1 fully saturated rings. The van der Waals surface area contributed by atoms with Crippen molar-refractivity contribution in [3.05, 3.63) is 46.2 Å². The van der Waals surface area contributed by atoms with Crippen molar-refractivity contribution in [1.29, 1.82) is 0 Å². The number of hydrogen-bond acceptors (Lipinski definition) is 5.